The SMILES string of the molecule is CNC1CCCCC1OC(=O)Nc1ccc(F)cc1F. The van der Waals surface area contributed by atoms with E-state index in [1.165, 1.54) is 6.07 Å². The largest absolute Gasteiger partial charge is 0.444 e. The van der Waals surface area contributed by atoms with Gasteiger partial charge in [0, 0.05) is 12.1 Å². The van der Waals surface area contributed by atoms with Crippen LogP contribution in [0.15, 0.2) is 18.2 Å². The van der Waals surface area contributed by atoms with Gasteiger partial charge in [-0.05, 0) is 38.4 Å². The molecule has 1 aromatic carbocycles. The number of likely N-dealkylation sites (N-methyl/N-ethyl adjacent to an activating group) is 1. The van der Waals surface area contributed by atoms with Crippen LogP contribution in [0.5, 0.6) is 0 Å². The number of hydrogen-bond acceptors (Lipinski definition) is 3. The molecule has 1 amide bonds. The molecule has 0 spiro atoms. The molecular formula is C14H18F2N2O2. The van der Waals surface area contributed by atoms with Crippen LogP contribution in [0.4, 0.5) is 19.3 Å². The molecule has 1 saturated carbocycles. The van der Waals surface area contributed by atoms with Crippen LogP contribution in [0.25, 0.3) is 0 Å². The van der Waals surface area contributed by atoms with E-state index < -0.39 is 17.7 Å². The molecule has 0 aromatic heterocycles. The number of hydrogen-bond donors (Lipinski definition) is 2. The van der Waals surface area contributed by atoms with E-state index in [-0.39, 0.29) is 17.8 Å². The first kappa shape index (κ1) is 14.7. The number of ether oxygens (including phenoxy) is 1. The number of nitrogens with one attached hydrogen (secondary N) is 2. The second-order valence-corrected chi connectivity index (χ2v) is 4.87. The van der Waals surface area contributed by atoms with Gasteiger partial charge in [0.15, 0.2) is 0 Å². The summed E-state index contributed by atoms with van der Waals surface area (Å²) in [6.07, 6.45) is 2.88. The molecule has 1 aromatic rings. The molecule has 1 aliphatic rings. The standard InChI is InChI=1S/C14H18F2N2O2/c1-17-12-4-2-3-5-13(12)20-14(19)18-11-7-6-9(15)8-10(11)16/h6-8,12-13,17H,2-5H2,1H3,(H,18,19). The minimum atomic E-state index is -0.823. The molecule has 0 heterocycles. The molecule has 0 bridgehead atoms. The van der Waals surface area contributed by atoms with Crippen molar-refractivity contribution < 1.29 is 18.3 Å². The number of rotatable bonds is 3. The number of halogens is 2. The number of amides is 1. The lowest BCUT2D eigenvalue weighted by Gasteiger charge is -2.30. The third-order valence-corrected chi connectivity index (χ3v) is 3.50. The first-order valence-corrected chi connectivity index (χ1v) is 6.70. The van der Waals surface area contributed by atoms with Crippen LogP contribution in [-0.4, -0.2) is 25.3 Å². The van der Waals surface area contributed by atoms with Crippen molar-refractivity contribution in [2.45, 2.75) is 37.8 Å². The average molecular weight is 284 g/mol. The summed E-state index contributed by atoms with van der Waals surface area (Å²) in [5, 5.41) is 5.41. The molecule has 20 heavy (non-hydrogen) atoms. The molecule has 0 saturated heterocycles. The van der Waals surface area contributed by atoms with Gasteiger partial charge in [-0.3, -0.25) is 5.32 Å². The van der Waals surface area contributed by atoms with Gasteiger partial charge in [-0.25, -0.2) is 13.6 Å². The van der Waals surface area contributed by atoms with E-state index in [4.69, 9.17) is 4.74 Å². The number of anilines is 1. The zero-order valence-electron chi connectivity index (χ0n) is 11.3. The van der Waals surface area contributed by atoms with Crippen molar-refractivity contribution in [3.63, 3.8) is 0 Å². The zero-order chi connectivity index (χ0) is 14.5. The van der Waals surface area contributed by atoms with E-state index in [1.807, 2.05) is 7.05 Å². The third-order valence-electron chi connectivity index (χ3n) is 3.50. The Labute approximate surface area is 116 Å². The van der Waals surface area contributed by atoms with Gasteiger partial charge >= 0.3 is 6.09 Å². The first-order chi connectivity index (χ1) is 9.60. The summed E-state index contributed by atoms with van der Waals surface area (Å²) in [6.45, 7) is 0. The van der Waals surface area contributed by atoms with Gasteiger partial charge in [-0.2, -0.15) is 0 Å². The van der Waals surface area contributed by atoms with Crippen molar-refractivity contribution in [3.05, 3.63) is 29.8 Å². The summed E-state index contributed by atoms with van der Waals surface area (Å²) in [6, 6.07) is 3.08. The van der Waals surface area contributed by atoms with E-state index in [9.17, 15) is 13.6 Å². The molecule has 0 radical (unpaired) electrons. The van der Waals surface area contributed by atoms with E-state index in [1.54, 1.807) is 0 Å². The molecule has 6 heteroatoms. The molecule has 2 rings (SSSR count). The van der Waals surface area contributed by atoms with Gasteiger partial charge < -0.3 is 10.1 Å². The molecule has 4 nitrogen and oxygen atoms in total. The highest BCUT2D eigenvalue weighted by atomic mass is 19.1. The lowest BCUT2D eigenvalue weighted by Crippen LogP contribution is -2.43. The summed E-state index contributed by atoms with van der Waals surface area (Å²) in [5.41, 5.74) is -0.0896. The Hall–Kier alpha value is -1.69. The molecule has 2 unspecified atom stereocenters. The normalized spacial score (nSPS) is 22.4. The van der Waals surface area contributed by atoms with Crippen molar-refractivity contribution in [3.8, 4) is 0 Å². The molecular weight excluding hydrogens is 266 g/mol. The van der Waals surface area contributed by atoms with Crippen molar-refractivity contribution in [2.24, 2.45) is 0 Å². The van der Waals surface area contributed by atoms with Crippen LogP contribution in [0, 0.1) is 11.6 Å². The Bertz CT molecular complexity index is 482. The molecule has 2 N–H and O–H groups in total. The Morgan fingerprint density at radius 3 is 2.75 bits per heavy atom. The van der Waals surface area contributed by atoms with Crippen LogP contribution in [-0.2, 0) is 4.74 Å². The minimum Gasteiger partial charge on any atom is -0.444 e. The molecule has 1 fully saturated rings. The Balaban J connectivity index is 1.94. The summed E-state index contributed by atoms with van der Waals surface area (Å²) >= 11 is 0. The maximum absolute atomic E-state index is 13.4. The monoisotopic (exact) mass is 284 g/mol. The van der Waals surface area contributed by atoms with Crippen LogP contribution < -0.4 is 10.6 Å². The first-order valence-electron chi connectivity index (χ1n) is 6.70. The summed E-state index contributed by atoms with van der Waals surface area (Å²) < 4.78 is 31.5. The Morgan fingerprint density at radius 1 is 1.30 bits per heavy atom. The van der Waals surface area contributed by atoms with Gasteiger partial charge in [0.2, 0.25) is 0 Å². The second-order valence-electron chi connectivity index (χ2n) is 4.87. The minimum absolute atomic E-state index is 0.0896. The fourth-order valence-corrected chi connectivity index (χ4v) is 2.44. The predicted octanol–water partition coefficient (Wildman–Crippen LogP) is 3.04. The lowest BCUT2D eigenvalue weighted by molar-refractivity contribution is 0.0640. The second kappa shape index (κ2) is 6.65. The third kappa shape index (κ3) is 3.66. The zero-order valence-corrected chi connectivity index (χ0v) is 11.3. The molecule has 110 valence electrons. The van der Waals surface area contributed by atoms with E-state index in [2.05, 4.69) is 10.6 Å². The summed E-state index contributed by atoms with van der Waals surface area (Å²) in [5.74, 6) is -1.51. The average Bonchev–Trinajstić information content (AvgIpc) is 2.42. The van der Waals surface area contributed by atoms with E-state index >= 15 is 0 Å². The number of carbonyl (C=O) groups is 1. The quantitative estimate of drug-likeness (QED) is 0.897. The van der Waals surface area contributed by atoms with Crippen LogP contribution in [0.1, 0.15) is 25.7 Å². The summed E-state index contributed by atoms with van der Waals surface area (Å²) in [4.78, 5) is 11.8. The maximum atomic E-state index is 13.4. The van der Waals surface area contributed by atoms with Crippen molar-refractivity contribution in [2.75, 3.05) is 12.4 Å². The van der Waals surface area contributed by atoms with Gasteiger partial charge in [-0.1, -0.05) is 6.42 Å². The van der Waals surface area contributed by atoms with Gasteiger partial charge in [-0.15, -0.1) is 0 Å². The highest BCUT2D eigenvalue weighted by Gasteiger charge is 2.27. The highest BCUT2D eigenvalue weighted by Crippen LogP contribution is 2.22. The molecule has 2 atom stereocenters. The highest BCUT2D eigenvalue weighted by molar-refractivity contribution is 5.84. The van der Waals surface area contributed by atoms with Crippen LogP contribution in [0.2, 0.25) is 0 Å². The van der Waals surface area contributed by atoms with Crippen molar-refractivity contribution >= 4 is 11.8 Å². The van der Waals surface area contributed by atoms with E-state index in [0.29, 0.717) is 6.07 Å². The smallest absolute Gasteiger partial charge is 0.412 e. The van der Waals surface area contributed by atoms with Gasteiger partial charge in [0.05, 0.1) is 5.69 Å². The topological polar surface area (TPSA) is 50.4 Å². The van der Waals surface area contributed by atoms with Crippen LogP contribution in [0.3, 0.4) is 0 Å². The number of benzene rings is 1. The van der Waals surface area contributed by atoms with Gasteiger partial charge in [0.25, 0.3) is 0 Å². The fourth-order valence-electron chi connectivity index (χ4n) is 2.44. The van der Waals surface area contributed by atoms with Gasteiger partial charge in [0.1, 0.15) is 17.7 Å². The van der Waals surface area contributed by atoms with Crippen molar-refractivity contribution in [1.29, 1.82) is 0 Å². The predicted molar refractivity (Wildman–Crippen MR) is 71.6 cm³/mol. The molecule has 1 aliphatic carbocycles. The van der Waals surface area contributed by atoms with Crippen LogP contribution >= 0.6 is 0 Å². The lowest BCUT2D eigenvalue weighted by atomic mass is 9.92. The fraction of sp³-hybridized carbons (Fsp3) is 0.500. The Kier molecular flexibility index (Phi) is 4.89. The number of carbonyl (C=O) groups excluding carboxylic acids is 1. The van der Waals surface area contributed by atoms with Crippen molar-refractivity contribution in [1.82, 2.24) is 5.32 Å². The maximum Gasteiger partial charge on any atom is 0.412 e. The van der Waals surface area contributed by atoms with E-state index in [0.717, 1.165) is 31.7 Å². The molecule has 0 aliphatic heterocycles. The summed E-state index contributed by atoms with van der Waals surface area (Å²) in [7, 11) is 1.82. The Morgan fingerprint density at radius 2 is 2.05 bits per heavy atom.